The quantitative estimate of drug-likeness (QED) is 0.719. The number of hydrogen-bond donors (Lipinski definition) is 2. The van der Waals surface area contributed by atoms with E-state index in [2.05, 4.69) is 31.0 Å². The second-order valence-electron chi connectivity index (χ2n) is 5.81. The first-order valence-corrected chi connectivity index (χ1v) is 6.08. The van der Waals surface area contributed by atoms with Gasteiger partial charge >= 0.3 is 0 Å². The van der Waals surface area contributed by atoms with Crippen LogP contribution in [0.1, 0.15) is 33.6 Å². The summed E-state index contributed by atoms with van der Waals surface area (Å²) >= 11 is 0. The summed E-state index contributed by atoms with van der Waals surface area (Å²) in [5.74, 6) is 0. The zero-order valence-corrected chi connectivity index (χ0v) is 10.4. The smallest absolute Gasteiger partial charge is 0.0558 e. The minimum Gasteiger partial charge on any atom is -0.395 e. The third-order valence-electron chi connectivity index (χ3n) is 2.76. The molecule has 1 saturated heterocycles. The van der Waals surface area contributed by atoms with Crippen molar-refractivity contribution in [1.29, 1.82) is 0 Å². The fourth-order valence-corrected chi connectivity index (χ4v) is 2.27. The van der Waals surface area contributed by atoms with E-state index in [-0.39, 0.29) is 6.61 Å². The summed E-state index contributed by atoms with van der Waals surface area (Å²) in [6, 6.07) is 0.638. The van der Waals surface area contributed by atoms with Crippen molar-refractivity contribution in [2.24, 2.45) is 5.41 Å². The molecule has 0 spiro atoms. The summed E-state index contributed by atoms with van der Waals surface area (Å²) in [4.78, 5) is 2.38. The van der Waals surface area contributed by atoms with Crippen LogP contribution in [0.3, 0.4) is 0 Å². The Bertz CT molecular complexity index is 171. The minimum absolute atomic E-state index is 0.267. The van der Waals surface area contributed by atoms with E-state index in [0.29, 0.717) is 11.5 Å². The summed E-state index contributed by atoms with van der Waals surface area (Å²) in [5, 5.41) is 12.6. The van der Waals surface area contributed by atoms with E-state index in [1.165, 1.54) is 12.8 Å². The number of nitrogens with zero attached hydrogens (tertiary/aromatic N) is 1. The summed E-state index contributed by atoms with van der Waals surface area (Å²) in [7, 11) is 0. The highest BCUT2D eigenvalue weighted by Crippen LogP contribution is 2.16. The predicted octanol–water partition coefficient (Wildman–Crippen LogP) is 1.08. The molecular formula is C12H26N2O. The van der Waals surface area contributed by atoms with Crippen molar-refractivity contribution < 1.29 is 5.11 Å². The maximum atomic E-state index is 9.05. The summed E-state index contributed by atoms with van der Waals surface area (Å²) < 4.78 is 0. The van der Waals surface area contributed by atoms with Gasteiger partial charge in [0.1, 0.15) is 0 Å². The Kier molecular flexibility index (Phi) is 5.03. The fourth-order valence-electron chi connectivity index (χ4n) is 2.27. The molecule has 0 bridgehead atoms. The molecule has 0 saturated carbocycles. The van der Waals surface area contributed by atoms with Gasteiger partial charge in [0.05, 0.1) is 6.61 Å². The van der Waals surface area contributed by atoms with Crippen molar-refractivity contribution in [3.63, 3.8) is 0 Å². The van der Waals surface area contributed by atoms with Gasteiger partial charge in [0, 0.05) is 25.7 Å². The van der Waals surface area contributed by atoms with Crippen LogP contribution in [0.15, 0.2) is 0 Å². The monoisotopic (exact) mass is 214 g/mol. The Morgan fingerprint density at radius 1 is 1.40 bits per heavy atom. The van der Waals surface area contributed by atoms with E-state index in [1.807, 2.05) is 0 Å². The van der Waals surface area contributed by atoms with Crippen molar-refractivity contribution in [3.8, 4) is 0 Å². The zero-order chi connectivity index (χ0) is 11.3. The first-order valence-electron chi connectivity index (χ1n) is 6.08. The molecule has 1 atom stereocenters. The van der Waals surface area contributed by atoms with E-state index in [4.69, 9.17) is 5.11 Å². The Balaban J connectivity index is 2.35. The van der Waals surface area contributed by atoms with E-state index < -0.39 is 0 Å². The molecule has 15 heavy (non-hydrogen) atoms. The van der Waals surface area contributed by atoms with Gasteiger partial charge in [0.25, 0.3) is 0 Å². The third kappa shape index (κ3) is 5.50. The van der Waals surface area contributed by atoms with Gasteiger partial charge in [0.2, 0.25) is 0 Å². The predicted molar refractivity (Wildman–Crippen MR) is 64.0 cm³/mol. The molecule has 0 amide bonds. The molecule has 3 heteroatoms. The van der Waals surface area contributed by atoms with Crippen LogP contribution in [-0.2, 0) is 0 Å². The maximum absolute atomic E-state index is 9.05. The maximum Gasteiger partial charge on any atom is 0.0558 e. The Morgan fingerprint density at radius 2 is 2.13 bits per heavy atom. The van der Waals surface area contributed by atoms with Crippen LogP contribution >= 0.6 is 0 Å². The van der Waals surface area contributed by atoms with Gasteiger partial charge in [0.15, 0.2) is 0 Å². The molecule has 3 nitrogen and oxygen atoms in total. The minimum atomic E-state index is 0.267. The number of hydrogen-bond acceptors (Lipinski definition) is 3. The number of aliphatic hydroxyl groups is 1. The molecule has 0 aromatic carbocycles. The molecule has 90 valence electrons. The molecule has 0 aromatic heterocycles. The van der Waals surface area contributed by atoms with E-state index in [1.54, 1.807) is 0 Å². The van der Waals surface area contributed by atoms with E-state index in [9.17, 15) is 0 Å². The molecule has 0 aliphatic carbocycles. The number of aliphatic hydroxyl groups excluding tert-OH is 1. The molecule has 0 aromatic rings. The van der Waals surface area contributed by atoms with Gasteiger partial charge in [-0.3, -0.25) is 4.90 Å². The van der Waals surface area contributed by atoms with Crippen molar-refractivity contribution in [3.05, 3.63) is 0 Å². The molecule has 1 aliphatic heterocycles. The standard InChI is InChI=1S/C12H26N2O/c1-12(2,3)10-14(7-8-15)9-11-5-4-6-13-11/h11,13,15H,4-10H2,1-3H3. The van der Waals surface area contributed by atoms with E-state index >= 15 is 0 Å². The summed E-state index contributed by atoms with van der Waals surface area (Å²) in [6.07, 6.45) is 2.58. The molecule has 1 unspecified atom stereocenters. The number of rotatable bonds is 5. The van der Waals surface area contributed by atoms with Gasteiger partial charge in [-0.15, -0.1) is 0 Å². The van der Waals surface area contributed by atoms with Crippen LogP contribution < -0.4 is 5.32 Å². The van der Waals surface area contributed by atoms with Crippen LogP contribution in [0.5, 0.6) is 0 Å². The van der Waals surface area contributed by atoms with Crippen LogP contribution in [0.25, 0.3) is 0 Å². The second-order valence-corrected chi connectivity index (χ2v) is 5.81. The van der Waals surface area contributed by atoms with Crippen LogP contribution in [0, 0.1) is 5.41 Å². The van der Waals surface area contributed by atoms with Crippen molar-refractivity contribution >= 4 is 0 Å². The normalized spacial score (nSPS) is 22.6. The largest absolute Gasteiger partial charge is 0.395 e. The molecule has 2 N–H and O–H groups in total. The average molecular weight is 214 g/mol. The first-order chi connectivity index (χ1) is 7.01. The highest BCUT2D eigenvalue weighted by atomic mass is 16.3. The lowest BCUT2D eigenvalue weighted by Crippen LogP contribution is -2.42. The van der Waals surface area contributed by atoms with Gasteiger partial charge < -0.3 is 10.4 Å². The lowest BCUT2D eigenvalue weighted by molar-refractivity contribution is 0.143. The van der Waals surface area contributed by atoms with Gasteiger partial charge in [-0.25, -0.2) is 0 Å². The van der Waals surface area contributed by atoms with Crippen LogP contribution in [0.4, 0.5) is 0 Å². The lowest BCUT2D eigenvalue weighted by atomic mass is 9.96. The highest BCUT2D eigenvalue weighted by Gasteiger charge is 2.21. The topological polar surface area (TPSA) is 35.5 Å². The fraction of sp³-hybridized carbons (Fsp3) is 1.00. The third-order valence-corrected chi connectivity index (χ3v) is 2.76. The van der Waals surface area contributed by atoms with Gasteiger partial charge in [-0.1, -0.05) is 20.8 Å². The van der Waals surface area contributed by atoms with E-state index in [0.717, 1.165) is 26.2 Å². The van der Waals surface area contributed by atoms with Gasteiger partial charge in [-0.2, -0.15) is 0 Å². The second kappa shape index (κ2) is 5.83. The van der Waals surface area contributed by atoms with Gasteiger partial charge in [-0.05, 0) is 24.8 Å². The zero-order valence-electron chi connectivity index (χ0n) is 10.4. The van der Waals surface area contributed by atoms with Crippen molar-refractivity contribution in [2.75, 3.05) is 32.8 Å². The number of nitrogens with one attached hydrogen (secondary N) is 1. The Hall–Kier alpha value is -0.120. The molecule has 1 aliphatic rings. The van der Waals surface area contributed by atoms with Crippen LogP contribution in [-0.4, -0.2) is 48.8 Å². The molecule has 1 rings (SSSR count). The SMILES string of the molecule is CC(C)(C)CN(CCO)CC1CCCN1. The molecular weight excluding hydrogens is 188 g/mol. The average Bonchev–Trinajstić information content (AvgIpc) is 2.54. The Labute approximate surface area is 93.9 Å². The van der Waals surface area contributed by atoms with Crippen LogP contribution in [0.2, 0.25) is 0 Å². The lowest BCUT2D eigenvalue weighted by Gasteiger charge is -2.31. The summed E-state index contributed by atoms with van der Waals surface area (Å²) in [6.45, 7) is 11.1. The first kappa shape index (κ1) is 12.9. The Morgan fingerprint density at radius 3 is 2.60 bits per heavy atom. The summed E-state index contributed by atoms with van der Waals surface area (Å²) in [5.41, 5.74) is 0.313. The molecule has 1 fully saturated rings. The van der Waals surface area contributed by atoms with Crippen molar-refractivity contribution in [2.45, 2.75) is 39.7 Å². The van der Waals surface area contributed by atoms with Crippen molar-refractivity contribution in [1.82, 2.24) is 10.2 Å². The highest BCUT2D eigenvalue weighted by molar-refractivity contribution is 4.79. The molecule has 1 heterocycles. The molecule has 0 radical (unpaired) electrons.